The van der Waals surface area contributed by atoms with E-state index in [9.17, 15) is 4.79 Å². The van der Waals surface area contributed by atoms with E-state index in [-0.39, 0.29) is 6.03 Å². The van der Waals surface area contributed by atoms with Crippen LogP contribution in [0.15, 0.2) is 70.7 Å². The van der Waals surface area contributed by atoms with Gasteiger partial charge in [0.05, 0.1) is 22.8 Å². The summed E-state index contributed by atoms with van der Waals surface area (Å²) in [6, 6.07) is 17.3. The van der Waals surface area contributed by atoms with E-state index in [0.29, 0.717) is 18.1 Å². The van der Waals surface area contributed by atoms with E-state index in [2.05, 4.69) is 15.6 Å². The number of rotatable bonds is 4. The molecule has 0 saturated carbocycles. The fourth-order valence-corrected chi connectivity index (χ4v) is 3.23. The van der Waals surface area contributed by atoms with Crippen LogP contribution in [0.25, 0.3) is 21.5 Å². The van der Waals surface area contributed by atoms with Crippen molar-refractivity contribution in [1.29, 1.82) is 0 Å². The molecule has 0 aliphatic heterocycles. The number of nitrogens with zero attached hydrogens (tertiary/aromatic N) is 1. The van der Waals surface area contributed by atoms with Gasteiger partial charge in [-0.25, -0.2) is 9.78 Å². The van der Waals surface area contributed by atoms with Gasteiger partial charge in [0.2, 0.25) is 5.89 Å². The Morgan fingerprint density at radius 1 is 1.08 bits per heavy atom. The first-order valence-corrected chi connectivity index (χ1v) is 8.68. The third-order valence-corrected chi connectivity index (χ3v) is 4.61. The predicted octanol–water partition coefficient (Wildman–Crippen LogP) is 4.88. The molecule has 124 valence electrons. The number of hydrogen-bond acceptors (Lipinski definition) is 4. The summed E-state index contributed by atoms with van der Waals surface area (Å²) in [5, 5.41) is 9.73. The number of carbonyl (C=O) groups is 1. The summed E-state index contributed by atoms with van der Waals surface area (Å²) in [6.07, 6.45) is 1.56. The fourth-order valence-electron chi connectivity index (χ4n) is 2.57. The average Bonchev–Trinajstić information content (AvgIpc) is 3.32. The van der Waals surface area contributed by atoms with Crippen molar-refractivity contribution in [2.45, 2.75) is 6.54 Å². The van der Waals surface area contributed by atoms with Gasteiger partial charge in [-0.1, -0.05) is 42.5 Å². The molecule has 0 bridgehead atoms. The molecule has 0 aliphatic rings. The summed E-state index contributed by atoms with van der Waals surface area (Å²) in [5.74, 6) is 0.571. The van der Waals surface area contributed by atoms with E-state index >= 15 is 0 Å². The van der Waals surface area contributed by atoms with Crippen LogP contribution in [0.1, 0.15) is 5.69 Å². The molecule has 0 spiro atoms. The van der Waals surface area contributed by atoms with Crippen molar-refractivity contribution in [3.05, 3.63) is 71.9 Å². The molecule has 2 amide bonds. The molecule has 0 atom stereocenters. The summed E-state index contributed by atoms with van der Waals surface area (Å²) >= 11 is 1.56. The van der Waals surface area contributed by atoms with Crippen molar-refractivity contribution in [2.75, 3.05) is 5.32 Å². The lowest BCUT2D eigenvalue weighted by atomic mass is 10.1. The molecule has 4 rings (SSSR count). The number of anilines is 1. The largest absolute Gasteiger partial charge is 0.443 e. The minimum Gasteiger partial charge on any atom is -0.443 e. The van der Waals surface area contributed by atoms with Crippen LogP contribution >= 0.6 is 11.3 Å². The van der Waals surface area contributed by atoms with Gasteiger partial charge >= 0.3 is 6.03 Å². The summed E-state index contributed by atoms with van der Waals surface area (Å²) in [6.45, 7) is 0.297. The van der Waals surface area contributed by atoms with Crippen molar-refractivity contribution in [3.8, 4) is 10.8 Å². The van der Waals surface area contributed by atoms with Gasteiger partial charge in [-0.15, -0.1) is 11.3 Å². The fraction of sp³-hybridized carbons (Fsp3) is 0.0526. The van der Waals surface area contributed by atoms with Crippen LogP contribution in [0.3, 0.4) is 0 Å². The number of aromatic nitrogens is 1. The highest BCUT2D eigenvalue weighted by atomic mass is 32.1. The molecule has 2 aromatic carbocycles. The molecule has 6 heteroatoms. The van der Waals surface area contributed by atoms with Crippen molar-refractivity contribution < 1.29 is 9.21 Å². The number of carbonyl (C=O) groups excluding carboxylic acids is 1. The first-order chi connectivity index (χ1) is 12.3. The van der Waals surface area contributed by atoms with Gasteiger partial charge in [-0.2, -0.15) is 0 Å². The van der Waals surface area contributed by atoms with Crippen molar-refractivity contribution >= 4 is 33.8 Å². The second-order valence-electron chi connectivity index (χ2n) is 5.46. The Labute approximate surface area is 148 Å². The van der Waals surface area contributed by atoms with Gasteiger partial charge in [-0.3, -0.25) is 0 Å². The van der Waals surface area contributed by atoms with Crippen molar-refractivity contribution in [1.82, 2.24) is 10.3 Å². The first-order valence-electron chi connectivity index (χ1n) is 7.80. The number of hydrogen-bond donors (Lipinski definition) is 2. The zero-order valence-electron chi connectivity index (χ0n) is 13.2. The number of oxazole rings is 1. The molecule has 5 nitrogen and oxygen atoms in total. The second-order valence-corrected chi connectivity index (χ2v) is 6.40. The summed E-state index contributed by atoms with van der Waals surface area (Å²) < 4.78 is 5.44. The monoisotopic (exact) mass is 349 g/mol. The lowest BCUT2D eigenvalue weighted by Gasteiger charge is -2.09. The van der Waals surface area contributed by atoms with Crippen LogP contribution in [0.5, 0.6) is 0 Å². The number of fused-ring (bicyclic) bond motifs is 1. The molecule has 0 radical (unpaired) electrons. The Hall–Kier alpha value is -3.12. The van der Waals surface area contributed by atoms with E-state index in [1.54, 1.807) is 17.6 Å². The van der Waals surface area contributed by atoms with E-state index in [4.69, 9.17) is 4.42 Å². The lowest BCUT2D eigenvalue weighted by Crippen LogP contribution is -2.28. The highest BCUT2D eigenvalue weighted by molar-refractivity contribution is 7.13. The van der Waals surface area contributed by atoms with E-state index in [0.717, 1.165) is 21.3 Å². The normalized spacial score (nSPS) is 10.7. The Balaban J connectivity index is 1.41. The molecule has 2 N–H and O–H groups in total. The molecule has 0 saturated heterocycles. The topological polar surface area (TPSA) is 67.2 Å². The molecule has 4 aromatic rings. The zero-order chi connectivity index (χ0) is 17.1. The number of amides is 2. The Bertz CT molecular complexity index is 1000. The van der Waals surface area contributed by atoms with Gasteiger partial charge in [0, 0.05) is 5.39 Å². The van der Waals surface area contributed by atoms with E-state index < -0.39 is 0 Å². The SMILES string of the molecule is O=C(NCc1coc(-c2cccs2)n1)Nc1cccc2ccccc12. The molecule has 0 aliphatic carbocycles. The predicted molar refractivity (Wildman–Crippen MR) is 99.6 cm³/mol. The lowest BCUT2D eigenvalue weighted by molar-refractivity contribution is 0.251. The number of nitrogens with one attached hydrogen (secondary N) is 2. The van der Waals surface area contributed by atoms with Crippen LogP contribution in [-0.4, -0.2) is 11.0 Å². The molecular weight excluding hydrogens is 334 g/mol. The molecule has 25 heavy (non-hydrogen) atoms. The van der Waals surface area contributed by atoms with Crippen LogP contribution in [0.4, 0.5) is 10.5 Å². The Morgan fingerprint density at radius 3 is 2.84 bits per heavy atom. The van der Waals surface area contributed by atoms with Gasteiger partial charge in [-0.05, 0) is 22.9 Å². The third kappa shape index (κ3) is 3.39. The maximum Gasteiger partial charge on any atom is 0.319 e. The number of thiophene rings is 1. The van der Waals surface area contributed by atoms with Crippen LogP contribution in [0, 0.1) is 0 Å². The molecule has 2 heterocycles. The first kappa shape index (κ1) is 15.4. The number of benzene rings is 2. The second kappa shape index (κ2) is 6.78. The van der Waals surface area contributed by atoms with E-state index in [1.165, 1.54) is 0 Å². The number of urea groups is 1. The quantitative estimate of drug-likeness (QED) is 0.552. The molecule has 2 aromatic heterocycles. The minimum absolute atomic E-state index is 0.281. The molecule has 0 fully saturated rings. The van der Waals surface area contributed by atoms with Crippen LogP contribution in [-0.2, 0) is 6.54 Å². The zero-order valence-corrected chi connectivity index (χ0v) is 14.0. The molecular formula is C19H15N3O2S. The van der Waals surface area contributed by atoms with Gasteiger partial charge in [0.25, 0.3) is 0 Å². The standard InChI is InChI=1S/C19H15N3O2S/c23-19(22-16-8-3-6-13-5-1-2-7-15(13)16)20-11-14-12-24-18(21-14)17-9-4-10-25-17/h1-10,12H,11H2,(H2,20,22,23). The maximum atomic E-state index is 12.2. The highest BCUT2D eigenvalue weighted by Gasteiger charge is 2.09. The minimum atomic E-state index is -0.281. The van der Waals surface area contributed by atoms with Crippen molar-refractivity contribution in [2.24, 2.45) is 0 Å². The van der Waals surface area contributed by atoms with Crippen molar-refractivity contribution in [3.63, 3.8) is 0 Å². The van der Waals surface area contributed by atoms with Gasteiger partial charge in [0.15, 0.2) is 0 Å². The van der Waals surface area contributed by atoms with E-state index in [1.807, 2.05) is 60.0 Å². The third-order valence-electron chi connectivity index (χ3n) is 3.75. The Morgan fingerprint density at radius 2 is 1.96 bits per heavy atom. The van der Waals surface area contributed by atoms with Gasteiger partial charge < -0.3 is 15.1 Å². The van der Waals surface area contributed by atoms with Crippen LogP contribution in [0.2, 0.25) is 0 Å². The Kier molecular flexibility index (Phi) is 4.18. The summed E-state index contributed by atoms with van der Waals surface area (Å²) in [7, 11) is 0. The summed E-state index contributed by atoms with van der Waals surface area (Å²) in [4.78, 5) is 17.5. The highest BCUT2D eigenvalue weighted by Crippen LogP contribution is 2.24. The smallest absolute Gasteiger partial charge is 0.319 e. The average molecular weight is 349 g/mol. The summed E-state index contributed by atoms with van der Waals surface area (Å²) in [5.41, 5.74) is 1.45. The van der Waals surface area contributed by atoms with Gasteiger partial charge in [0.1, 0.15) is 6.26 Å². The van der Waals surface area contributed by atoms with Crippen LogP contribution < -0.4 is 10.6 Å². The molecule has 0 unspecified atom stereocenters. The maximum absolute atomic E-state index is 12.2.